The molecule has 0 unspecified atom stereocenters. The van der Waals surface area contributed by atoms with E-state index >= 15 is 0 Å². The van der Waals surface area contributed by atoms with Crippen LogP contribution in [-0.4, -0.2) is 6.15 Å². The Balaban J connectivity index is 0.000000225. The van der Waals surface area contributed by atoms with Crippen molar-refractivity contribution in [1.82, 2.24) is 0 Å². The number of benzene rings is 4. The second-order valence-corrected chi connectivity index (χ2v) is 9.68. The molecule has 5 rings (SSSR count). The van der Waals surface area contributed by atoms with Gasteiger partial charge in [0.25, 0.3) is 0 Å². The van der Waals surface area contributed by atoms with Gasteiger partial charge in [-0.2, -0.15) is 21.9 Å². The lowest BCUT2D eigenvalue weighted by Gasteiger charge is -2.44. The maximum atomic E-state index is 2.26. The van der Waals surface area contributed by atoms with Gasteiger partial charge < -0.3 is 0 Å². The summed E-state index contributed by atoms with van der Waals surface area (Å²) in [5.41, 5.74) is 5.36. The molecule has 1 aromatic heterocycles. The quantitative estimate of drug-likeness (QED) is 0.146. The van der Waals surface area contributed by atoms with E-state index < -0.39 is 6.15 Å². The van der Waals surface area contributed by atoms with Gasteiger partial charge in [0.05, 0.1) is 0 Å². The molecule has 0 aliphatic heterocycles. The molecule has 2 heteroatoms. The molecular formula is C35H38BN. The number of pyridine rings is 1. The summed E-state index contributed by atoms with van der Waals surface area (Å²) in [4.78, 5) is 0. The van der Waals surface area contributed by atoms with Gasteiger partial charge in [-0.05, 0) is 6.42 Å². The molecule has 0 fully saturated rings. The molecule has 0 spiro atoms. The highest BCUT2D eigenvalue weighted by Gasteiger charge is 2.30. The van der Waals surface area contributed by atoms with Crippen molar-refractivity contribution in [2.45, 2.75) is 39.2 Å². The Morgan fingerprint density at radius 3 is 1.14 bits per heavy atom. The summed E-state index contributed by atoms with van der Waals surface area (Å²) in [7, 11) is 0. The molecule has 186 valence electrons. The van der Waals surface area contributed by atoms with Crippen molar-refractivity contribution in [1.29, 1.82) is 0 Å². The van der Waals surface area contributed by atoms with Crippen LogP contribution in [0.4, 0.5) is 0 Å². The molecule has 0 aliphatic carbocycles. The standard InChI is InChI=1S/C24H20B.C11H18N/c1-5-13-21(14-6-1)25(22-15-7-2-8-16-22,23-17-9-3-10-18-23)24-19-11-4-12-20-24;1-2-3-4-6-9-12-10-7-5-8-11-12/h1-20H;5,7-8,10-11H,2-4,6,9H2,1H3/q-1;+1. The van der Waals surface area contributed by atoms with E-state index in [0.29, 0.717) is 0 Å². The highest BCUT2D eigenvalue weighted by molar-refractivity contribution is 7.19. The minimum absolute atomic E-state index is 1.17. The van der Waals surface area contributed by atoms with Crippen LogP contribution in [0.25, 0.3) is 0 Å². The predicted octanol–water partition coefficient (Wildman–Crippen LogP) is 5.62. The normalized spacial score (nSPS) is 10.8. The van der Waals surface area contributed by atoms with E-state index in [1.807, 2.05) is 0 Å². The Kier molecular flexibility index (Phi) is 9.89. The summed E-state index contributed by atoms with van der Waals surface area (Å²) in [6.45, 7) is 3.41. The SMILES string of the molecule is CCCCCC[n+]1ccccc1.c1ccc([B-](c2ccccc2)(c2ccccc2)c2ccccc2)cc1. The number of rotatable bonds is 9. The smallest absolute Gasteiger partial charge is 0.168 e. The van der Waals surface area contributed by atoms with Crippen LogP contribution in [0.3, 0.4) is 0 Å². The molecule has 0 radical (unpaired) electrons. The van der Waals surface area contributed by atoms with Gasteiger partial charge in [0, 0.05) is 18.6 Å². The number of aromatic nitrogens is 1. The summed E-state index contributed by atoms with van der Waals surface area (Å²) in [5.74, 6) is 0. The summed E-state index contributed by atoms with van der Waals surface area (Å²) in [5, 5.41) is 0. The third-order valence-electron chi connectivity index (χ3n) is 7.25. The van der Waals surface area contributed by atoms with E-state index in [2.05, 4.69) is 163 Å². The van der Waals surface area contributed by atoms with E-state index in [4.69, 9.17) is 0 Å². The first kappa shape index (κ1) is 26.2. The minimum Gasteiger partial charge on any atom is -0.205 e. The summed E-state index contributed by atoms with van der Waals surface area (Å²) >= 11 is 0. The van der Waals surface area contributed by atoms with Crippen LogP contribution < -0.4 is 26.4 Å². The lowest BCUT2D eigenvalue weighted by atomic mass is 9.13. The number of hydrogen-bond donors (Lipinski definition) is 0. The molecule has 0 saturated heterocycles. The van der Waals surface area contributed by atoms with Crippen LogP contribution in [0.1, 0.15) is 32.6 Å². The third kappa shape index (κ3) is 6.65. The van der Waals surface area contributed by atoms with Crippen molar-refractivity contribution < 1.29 is 4.57 Å². The predicted molar refractivity (Wildman–Crippen MR) is 161 cm³/mol. The largest absolute Gasteiger partial charge is 0.205 e. The number of aryl methyl sites for hydroxylation is 1. The van der Waals surface area contributed by atoms with Crippen LogP contribution >= 0.6 is 0 Å². The first-order valence-corrected chi connectivity index (χ1v) is 13.7. The van der Waals surface area contributed by atoms with Gasteiger partial charge in [-0.15, -0.1) is 0 Å². The van der Waals surface area contributed by atoms with Gasteiger partial charge in [0.1, 0.15) is 12.7 Å². The van der Waals surface area contributed by atoms with Gasteiger partial charge in [-0.3, -0.25) is 0 Å². The second kappa shape index (κ2) is 14.0. The van der Waals surface area contributed by atoms with Crippen LogP contribution in [0.2, 0.25) is 0 Å². The molecule has 1 nitrogen and oxygen atoms in total. The van der Waals surface area contributed by atoms with E-state index in [9.17, 15) is 0 Å². The van der Waals surface area contributed by atoms with Crippen molar-refractivity contribution >= 4 is 28.0 Å². The van der Waals surface area contributed by atoms with Crippen LogP contribution in [0, 0.1) is 0 Å². The molecule has 0 aliphatic rings. The van der Waals surface area contributed by atoms with Crippen molar-refractivity contribution in [3.8, 4) is 0 Å². The maximum Gasteiger partial charge on any atom is 0.168 e. The highest BCUT2D eigenvalue weighted by atomic mass is 14.9. The van der Waals surface area contributed by atoms with Crippen molar-refractivity contribution in [2.75, 3.05) is 0 Å². The fraction of sp³-hybridized carbons (Fsp3) is 0.171. The number of hydrogen-bond acceptors (Lipinski definition) is 0. The molecule has 0 N–H and O–H groups in total. The topological polar surface area (TPSA) is 3.88 Å². The Morgan fingerprint density at radius 1 is 0.432 bits per heavy atom. The van der Waals surface area contributed by atoms with Crippen LogP contribution in [-0.2, 0) is 6.54 Å². The lowest BCUT2D eigenvalue weighted by Crippen LogP contribution is -2.74. The van der Waals surface area contributed by atoms with Gasteiger partial charge in [-0.25, -0.2) is 4.57 Å². The first-order valence-electron chi connectivity index (χ1n) is 13.7. The van der Waals surface area contributed by atoms with Gasteiger partial charge in [0.15, 0.2) is 12.4 Å². The first-order chi connectivity index (χ1) is 18.4. The van der Waals surface area contributed by atoms with Crippen molar-refractivity contribution in [3.63, 3.8) is 0 Å². The molecule has 37 heavy (non-hydrogen) atoms. The average molecular weight is 484 g/mol. The van der Waals surface area contributed by atoms with E-state index in [1.165, 1.54) is 54.1 Å². The average Bonchev–Trinajstić information content (AvgIpc) is 2.99. The molecule has 5 aromatic rings. The minimum atomic E-state index is -1.22. The molecule has 0 atom stereocenters. The number of unbranched alkanes of at least 4 members (excludes halogenated alkanes) is 3. The van der Waals surface area contributed by atoms with Gasteiger partial charge >= 0.3 is 0 Å². The Bertz CT molecular complexity index is 1110. The lowest BCUT2D eigenvalue weighted by molar-refractivity contribution is -0.697. The van der Waals surface area contributed by atoms with E-state index in [0.717, 1.165) is 0 Å². The Hall–Kier alpha value is -3.91. The van der Waals surface area contributed by atoms with Crippen LogP contribution in [0.15, 0.2) is 152 Å². The molecule has 0 bridgehead atoms. The number of nitrogens with zero attached hydrogens (tertiary/aromatic N) is 1. The van der Waals surface area contributed by atoms with Gasteiger partial charge in [0.2, 0.25) is 0 Å². The monoisotopic (exact) mass is 483 g/mol. The summed E-state index contributed by atoms with van der Waals surface area (Å²) < 4.78 is 2.25. The zero-order valence-corrected chi connectivity index (χ0v) is 22.0. The van der Waals surface area contributed by atoms with Gasteiger partial charge in [-0.1, -0.05) is 147 Å². The summed E-state index contributed by atoms with van der Waals surface area (Å²) in [6.07, 6.45) is 8.40. The highest BCUT2D eigenvalue weighted by Crippen LogP contribution is 2.09. The molecule has 1 heterocycles. The maximum absolute atomic E-state index is 2.26. The van der Waals surface area contributed by atoms with Crippen LogP contribution in [0.5, 0.6) is 0 Å². The van der Waals surface area contributed by atoms with E-state index in [-0.39, 0.29) is 0 Å². The molecule has 0 amide bonds. The van der Waals surface area contributed by atoms with E-state index in [1.54, 1.807) is 0 Å². The third-order valence-corrected chi connectivity index (χ3v) is 7.25. The fourth-order valence-electron chi connectivity index (χ4n) is 5.43. The second-order valence-electron chi connectivity index (χ2n) is 9.68. The molecule has 4 aromatic carbocycles. The van der Waals surface area contributed by atoms with Crippen molar-refractivity contribution in [3.05, 3.63) is 152 Å². The Labute approximate surface area is 223 Å². The molecular weight excluding hydrogens is 445 g/mol. The Morgan fingerprint density at radius 2 is 0.784 bits per heavy atom. The fourth-order valence-corrected chi connectivity index (χ4v) is 5.43. The summed E-state index contributed by atoms with van der Waals surface area (Å²) in [6, 6.07) is 49.8. The zero-order valence-electron chi connectivity index (χ0n) is 22.0. The molecule has 0 saturated carbocycles. The zero-order chi connectivity index (χ0) is 25.6. The van der Waals surface area contributed by atoms with Crippen molar-refractivity contribution in [2.24, 2.45) is 0 Å².